The van der Waals surface area contributed by atoms with E-state index in [9.17, 15) is 17.2 Å². The largest absolute Gasteiger partial charge is 0.394 e. The lowest BCUT2D eigenvalue weighted by molar-refractivity contribution is 0.439. The Bertz CT molecular complexity index is 604. The van der Waals surface area contributed by atoms with E-state index in [1.807, 2.05) is 6.92 Å². The third-order valence-corrected chi connectivity index (χ3v) is 5.39. The van der Waals surface area contributed by atoms with E-state index in [-0.39, 0.29) is 0 Å². The summed E-state index contributed by atoms with van der Waals surface area (Å²) in [5, 5.41) is 0. The second-order valence-electron chi connectivity index (χ2n) is 5.03. The second kappa shape index (κ2) is 4.72. The number of benzene rings is 1. The molecule has 1 fully saturated rings. The molecular formula is C12H16F2N2O2S. The van der Waals surface area contributed by atoms with Crippen LogP contribution in [0, 0.1) is 23.5 Å². The molecule has 1 aromatic carbocycles. The zero-order chi connectivity index (χ0) is 14.4. The summed E-state index contributed by atoms with van der Waals surface area (Å²) in [6, 6.07) is 1.77. The standard InChI is InChI=1S/C12H16F2N2O2S/c1-7-5-8(7)6-16(2)19(17,18)10-4-3-9(13)12(15)11(10)14/h3-4,7-8H,5-6,15H2,1-2H3. The van der Waals surface area contributed by atoms with Crippen LogP contribution in [0.5, 0.6) is 0 Å². The van der Waals surface area contributed by atoms with E-state index in [1.54, 1.807) is 0 Å². The van der Waals surface area contributed by atoms with Crippen LogP contribution in [0.25, 0.3) is 0 Å². The van der Waals surface area contributed by atoms with E-state index in [2.05, 4.69) is 0 Å². The first-order chi connectivity index (χ1) is 8.75. The van der Waals surface area contributed by atoms with Gasteiger partial charge in [-0.05, 0) is 30.4 Å². The average Bonchev–Trinajstić information content (AvgIpc) is 3.01. The molecule has 19 heavy (non-hydrogen) atoms. The van der Waals surface area contributed by atoms with Crippen LogP contribution in [0.15, 0.2) is 17.0 Å². The molecule has 2 unspecified atom stereocenters. The van der Waals surface area contributed by atoms with E-state index in [1.165, 1.54) is 7.05 Å². The van der Waals surface area contributed by atoms with Crippen LogP contribution in [0.1, 0.15) is 13.3 Å². The van der Waals surface area contributed by atoms with Gasteiger partial charge in [-0.15, -0.1) is 0 Å². The van der Waals surface area contributed by atoms with Crippen molar-refractivity contribution in [3.05, 3.63) is 23.8 Å². The number of hydrogen-bond acceptors (Lipinski definition) is 3. The van der Waals surface area contributed by atoms with Crippen LogP contribution in [0.4, 0.5) is 14.5 Å². The Hall–Kier alpha value is -1.21. The Labute approximate surface area is 111 Å². The van der Waals surface area contributed by atoms with Gasteiger partial charge in [0.05, 0.1) is 0 Å². The Balaban J connectivity index is 2.31. The Morgan fingerprint density at radius 3 is 2.53 bits per heavy atom. The fourth-order valence-electron chi connectivity index (χ4n) is 2.00. The first-order valence-electron chi connectivity index (χ1n) is 5.95. The van der Waals surface area contributed by atoms with Crippen molar-refractivity contribution in [3.8, 4) is 0 Å². The number of hydrogen-bond donors (Lipinski definition) is 1. The third kappa shape index (κ3) is 2.57. The highest BCUT2D eigenvalue weighted by atomic mass is 32.2. The molecule has 1 aromatic rings. The van der Waals surface area contributed by atoms with Gasteiger partial charge in [-0.1, -0.05) is 6.92 Å². The van der Waals surface area contributed by atoms with Gasteiger partial charge in [-0.3, -0.25) is 0 Å². The molecule has 0 bridgehead atoms. The smallest absolute Gasteiger partial charge is 0.245 e. The summed E-state index contributed by atoms with van der Waals surface area (Å²) in [5.74, 6) is -1.40. The van der Waals surface area contributed by atoms with E-state index < -0.39 is 32.2 Å². The lowest BCUT2D eigenvalue weighted by Gasteiger charge is -2.18. The fraction of sp³-hybridized carbons (Fsp3) is 0.500. The minimum atomic E-state index is -3.98. The molecule has 0 spiro atoms. The van der Waals surface area contributed by atoms with Crippen LogP contribution in [-0.4, -0.2) is 26.3 Å². The molecule has 2 atom stereocenters. The summed E-state index contributed by atoms with van der Waals surface area (Å²) >= 11 is 0. The summed E-state index contributed by atoms with van der Waals surface area (Å²) in [6.07, 6.45) is 0.966. The topological polar surface area (TPSA) is 63.4 Å². The zero-order valence-corrected chi connectivity index (χ0v) is 11.5. The van der Waals surface area contributed by atoms with Gasteiger partial charge >= 0.3 is 0 Å². The molecule has 0 heterocycles. The van der Waals surface area contributed by atoms with Crippen molar-refractivity contribution in [2.24, 2.45) is 11.8 Å². The van der Waals surface area contributed by atoms with Crippen molar-refractivity contribution in [2.45, 2.75) is 18.2 Å². The summed E-state index contributed by atoms with van der Waals surface area (Å²) in [4.78, 5) is -0.581. The number of halogens is 2. The molecule has 0 aliphatic heterocycles. The second-order valence-corrected chi connectivity index (χ2v) is 7.05. The van der Waals surface area contributed by atoms with Gasteiger partial charge in [0.2, 0.25) is 10.0 Å². The molecule has 0 amide bonds. The average molecular weight is 290 g/mol. The molecule has 0 radical (unpaired) electrons. The molecule has 7 heteroatoms. The van der Waals surface area contributed by atoms with E-state index in [4.69, 9.17) is 5.73 Å². The highest BCUT2D eigenvalue weighted by Gasteiger charge is 2.37. The molecule has 2 N–H and O–H groups in total. The van der Waals surface area contributed by atoms with Crippen molar-refractivity contribution in [1.82, 2.24) is 4.31 Å². The highest BCUT2D eigenvalue weighted by molar-refractivity contribution is 7.89. The molecule has 1 saturated carbocycles. The summed E-state index contributed by atoms with van der Waals surface area (Å²) in [6.45, 7) is 2.36. The van der Waals surface area contributed by atoms with E-state index in [0.717, 1.165) is 22.9 Å². The van der Waals surface area contributed by atoms with Gasteiger partial charge in [0.25, 0.3) is 0 Å². The van der Waals surface area contributed by atoms with Gasteiger partial charge in [-0.25, -0.2) is 21.5 Å². The van der Waals surface area contributed by atoms with E-state index in [0.29, 0.717) is 18.4 Å². The molecule has 106 valence electrons. The lowest BCUT2D eigenvalue weighted by Crippen LogP contribution is -2.30. The van der Waals surface area contributed by atoms with Gasteiger partial charge in [0.1, 0.15) is 16.4 Å². The summed E-state index contributed by atoms with van der Waals surface area (Å²) in [5.41, 5.74) is 4.41. The maximum Gasteiger partial charge on any atom is 0.245 e. The number of anilines is 1. The molecule has 4 nitrogen and oxygen atoms in total. The number of nitrogen functional groups attached to an aromatic ring is 1. The summed E-state index contributed by atoms with van der Waals surface area (Å²) in [7, 11) is -2.59. The molecule has 0 aromatic heterocycles. The molecule has 1 aliphatic carbocycles. The highest BCUT2D eigenvalue weighted by Crippen LogP contribution is 2.39. The third-order valence-electron chi connectivity index (χ3n) is 3.55. The van der Waals surface area contributed by atoms with Crippen molar-refractivity contribution >= 4 is 15.7 Å². The minimum absolute atomic E-state index is 0.306. The molecule has 2 rings (SSSR count). The predicted octanol–water partition coefficient (Wildman–Crippen LogP) is 1.82. The maximum absolute atomic E-state index is 13.8. The van der Waals surface area contributed by atoms with Crippen molar-refractivity contribution in [1.29, 1.82) is 0 Å². The van der Waals surface area contributed by atoms with Crippen LogP contribution >= 0.6 is 0 Å². The first kappa shape index (κ1) is 14.2. The SMILES string of the molecule is CC1CC1CN(C)S(=O)(=O)c1ccc(F)c(N)c1F. The fourth-order valence-corrected chi connectivity index (χ4v) is 3.30. The number of rotatable bonds is 4. The van der Waals surface area contributed by atoms with Gasteiger partial charge in [0.15, 0.2) is 5.82 Å². The van der Waals surface area contributed by atoms with Gasteiger partial charge in [-0.2, -0.15) is 0 Å². The number of nitrogens with two attached hydrogens (primary N) is 1. The summed E-state index contributed by atoms with van der Waals surface area (Å²) < 4.78 is 52.3. The monoisotopic (exact) mass is 290 g/mol. The molecular weight excluding hydrogens is 274 g/mol. The zero-order valence-electron chi connectivity index (χ0n) is 10.7. The Morgan fingerprint density at radius 2 is 2.00 bits per heavy atom. The van der Waals surface area contributed by atoms with Crippen molar-refractivity contribution in [3.63, 3.8) is 0 Å². The van der Waals surface area contributed by atoms with Crippen LogP contribution < -0.4 is 5.73 Å². The molecule has 1 aliphatic rings. The first-order valence-corrected chi connectivity index (χ1v) is 7.39. The minimum Gasteiger partial charge on any atom is -0.394 e. The lowest BCUT2D eigenvalue weighted by atomic mass is 10.3. The Morgan fingerprint density at radius 1 is 1.42 bits per heavy atom. The number of nitrogens with zero attached hydrogens (tertiary/aromatic N) is 1. The van der Waals surface area contributed by atoms with Gasteiger partial charge in [0, 0.05) is 13.6 Å². The van der Waals surface area contributed by atoms with Crippen LogP contribution in [0.3, 0.4) is 0 Å². The normalized spacial score (nSPS) is 22.8. The van der Waals surface area contributed by atoms with E-state index >= 15 is 0 Å². The van der Waals surface area contributed by atoms with Crippen molar-refractivity contribution in [2.75, 3.05) is 19.3 Å². The Kier molecular flexibility index (Phi) is 3.53. The van der Waals surface area contributed by atoms with Crippen LogP contribution in [0.2, 0.25) is 0 Å². The van der Waals surface area contributed by atoms with Crippen LogP contribution in [-0.2, 0) is 10.0 Å². The quantitative estimate of drug-likeness (QED) is 0.860. The number of sulfonamides is 1. The van der Waals surface area contributed by atoms with Crippen molar-refractivity contribution < 1.29 is 17.2 Å². The maximum atomic E-state index is 13.8. The molecule has 0 saturated heterocycles. The predicted molar refractivity (Wildman–Crippen MR) is 67.9 cm³/mol. The van der Waals surface area contributed by atoms with Gasteiger partial charge < -0.3 is 5.73 Å².